The van der Waals surface area contributed by atoms with Crippen LogP contribution in [-0.4, -0.2) is 49.3 Å². The molecule has 0 bridgehead atoms. The third kappa shape index (κ3) is 8.33. The van der Waals surface area contributed by atoms with Crippen molar-refractivity contribution in [2.24, 2.45) is 4.99 Å². The van der Waals surface area contributed by atoms with E-state index >= 15 is 0 Å². The number of guanidine groups is 1. The van der Waals surface area contributed by atoms with E-state index in [0.717, 1.165) is 16.9 Å². The second-order valence-corrected chi connectivity index (χ2v) is 7.44. The van der Waals surface area contributed by atoms with Gasteiger partial charge in [-0.25, -0.2) is 0 Å². The van der Waals surface area contributed by atoms with Gasteiger partial charge in [-0.3, -0.25) is 9.79 Å². The maximum absolute atomic E-state index is 12.0. The summed E-state index contributed by atoms with van der Waals surface area (Å²) in [7, 11) is 0. The molecule has 1 aromatic carbocycles. The molecule has 2 aromatic rings. The topological polar surface area (TPSA) is 108 Å². The van der Waals surface area contributed by atoms with Gasteiger partial charge in [-0.1, -0.05) is 12.1 Å². The summed E-state index contributed by atoms with van der Waals surface area (Å²) in [4.78, 5) is 16.5. The van der Waals surface area contributed by atoms with Crippen LogP contribution >= 0.6 is 0 Å². The molecule has 2 rings (SSSR count). The Labute approximate surface area is 184 Å². The SMILES string of the molecule is CCNC(=NCC(O)c1cccc(OC(C)C)c1)NCCCNC(=O)c1occc1C. The van der Waals surface area contributed by atoms with Crippen LogP contribution in [0.15, 0.2) is 46.0 Å². The highest BCUT2D eigenvalue weighted by Crippen LogP contribution is 2.20. The van der Waals surface area contributed by atoms with E-state index in [2.05, 4.69) is 20.9 Å². The zero-order valence-corrected chi connectivity index (χ0v) is 18.8. The predicted octanol–water partition coefficient (Wildman–Crippen LogP) is 2.78. The van der Waals surface area contributed by atoms with Gasteiger partial charge in [0.2, 0.25) is 0 Å². The van der Waals surface area contributed by atoms with Crippen LogP contribution in [-0.2, 0) is 0 Å². The van der Waals surface area contributed by atoms with Crippen LogP contribution < -0.4 is 20.7 Å². The van der Waals surface area contributed by atoms with Crippen LogP contribution in [0, 0.1) is 6.92 Å². The average Bonchev–Trinajstić information content (AvgIpc) is 3.17. The van der Waals surface area contributed by atoms with E-state index < -0.39 is 6.10 Å². The van der Waals surface area contributed by atoms with Crippen LogP contribution in [0.25, 0.3) is 0 Å². The quantitative estimate of drug-likeness (QED) is 0.248. The van der Waals surface area contributed by atoms with Crippen molar-refractivity contribution in [3.8, 4) is 5.75 Å². The summed E-state index contributed by atoms with van der Waals surface area (Å²) in [6.45, 7) is 9.79. The van der Waals surface area contributed by atoms with Crippen molar-refractivity contribution in [2.75, 3.05) is 26.2 Å². The molecule has 1 aromatic heterocycles. The number of furan rings is 1. The standard InChI is InChI=1S/C23H34N4O4/c1-5-24-23(26-12-7-11-25-22(29)21-17(4)10-13-30-21)27-15-20(28)18-8-6-9-19(14-18)31-16(2)3/h6,8-10,13-14,16,20,28H,5,7,11-12,15H2,1-4H3,(H,25,29)(H2,24,26,27). The number of nitrogens with zero attached hydrogens (tertiary/aromatic N) is 1. The lowest BCUT2D eigenvalue weighted by atomic mass is 10.1. The van der Waals surface area contributed by atoms with Crippen molar-refractivity contribution in [3.05, 3.63) is 53.5 Å². The largest absolute Gasteiger partial charge is 0.491 e. The normalized spacial score (nSPS) is 12.5. The highest BCUT2D eigenvalue weighted by Gasteiger charge is 2.12. The summed E-state index contributed by atoms with van der Waals surface area (Å²) in [5, 5.41) is 19.7. The molecule has 0 spiro atoms. The van der Waals surface area contributed by atoms with E-state index in [1.807, 2.05) is 52.0 Å². The number of hydrogen-bond acceptors (Lipinski definition) is 5. The van der Waals surface area contributed by atoms with Crippen molar-refractivity contribution in [3.63, 3.8) is 0 Å². The first-order chi connectivity index (χ1) is 14.9. The molecule has 8 nitrogen and oxygen atoms in total. The molecule has 1 unspecified atom stereocenters. The summed E-state index contributed by atoms with van der Waals surface area (Å²) in [5.41, 5.74) is 1.57. The lowest BCUT2D eigenvalue weighted by Crippen LogP contribution is -2.39. The molecule has 0 aliphatic carbocycles. The minimum atomic E-state index is -0.734. The fourth-order valence-electron chi connectivity index (χ4n) is 2.87. The molecule has 0 aliphatic rings. The van der Waals surface area contributed by atoms with E-state index in [0.29, 0.717) is 37.8 Å². The van der Waals surface area contributed by atoms with E-state index in [-0.39, 0.29) is 18.6 Å². The molecular weight excluding hydrogens is 396 g/mol. The minimum Gasteiger partial charge on any atom is -0.491 e. The maximum atomic E-state index is 12.0. The number of hydrogen-bond donors (Lipinski definition) is 4. The molecule has 8 heteroatoms. The lowest BCUT2D eigenvalue weighted by Gasteiger charge is -2.15. The molecule has 0 fully saturated rings. The van der Waals surface area contributed by atoms with Crippen molar-refractivity contribution in [2.45, 2.75) is 46.3 Å². The highest BCUT2D eigenvalue weighted by molar-refractivity contribution is 5.92. The smallest absolute Gasteiger partial charge is 0.287 e. The Morgan fingerprint density at radius 1 is 1.19 bits per heavy atom. The summed E-state index contributed by atoms with van der Waals surface area (Å²) < 4.78 is 10.9. The lowest BCUT2D eigenvalue weighted by molar-refractivity contribution is 0.0925. The monoisotopic (exact) mass is 430 g/mol. The molecule has 0 saturated heterocycles. The molecule has 31 heavy (non-hydrogen) atoms. The van der Waals surface area contributed by atoms with Gasteiger partial charge in [0.05, 0.1) is 25.0 Å². The highest BCUT2D eigenvalue weighted by atomic mass is 16.5. The number of aliphatic imine (C=N–C) groups is 1. The third-order valence-corrected chi connectivity index (χ3v) is 4.38. The van der Waals surface area contributed by atoms with Gasteiger partial charge >= 0.3 is 0 Å². The fourth-order valence-corrected chi connectivity index (χ4v) is 2.87. The molecular formula is C23H34N4O4. The van der Waals surface area contributed by atoms with E-state index in [4.69, 9.17) is 9.15 Å². The maximum Gasteiger partial charge on any atom is 0.287 e. The van der Waals surface area contributed by atoms with Crippen LogP contribution in [0.5, 0.6) is 5.75 Å². The molecule has 1 atom stereocenters. The Balaban J connectivity index is 1.79. The van der Waals surface area contributed by atoms with Crippen LogP contribution in [0.3, 0.4) is 0 Å². The van der Waals surface area contributed by atoms with Gasteiger partial charge in [0.15, 0.2) is 11.7 Å². The second kappa shape index (κ2) is 12.6. The van der Waals surface area contributed by atoms with Gasteiger partial charge in [-0.05, 0) is 57.9 Å². The number of carbonyl (C=O) groups excluding carboxylic acids is 1. The molecule has 0 aliphatic heterocycles. The number of aliphatic hydroxyl groups excluding tert-OH is 1. The van der Waals surface area contributed by atoms with Crippen molar-refractivity contribution in [1.82, 2.24) is 16.0 Å². The molecule has 0 saturated carbocycles. The number of benzene rings is 1. The molecule has 4 N–H and O–H groups in total. The van der Waals surface area contributed by atoms with Crippen molar-refractivity contribution < 1.29 is 19.1 Å². The predicted molar refractivity (Wildman–Crippen MR) is 122 cm³/mol. The first-order valence-electron chi connectivity index (χ1n) is 10.7. The Bertz CT molecular complexity index is 848. The number of aryl methyl sites for hydroxylation is 1. The summed E-state index contributed by atoms with van der Waals surface area (Å²) in [6.07, 6.45) is 1.56. The van der Waals surface area contributed by atoms with Gasteiger partial charge in [-0.2, -0.15) is 0 Å². The van der Waals surface area contributed by atoms with Gasteiger partial charge in [-0.15, -0.1) is 0 Å². The van der Waals surface area contributed by atoms with Crippen molar-refractivity contribution >= 4 is 11.9 Å². The summed E-state index contributed by atoms with van der Waals surface area (Å²) in [6, 6.07) is 9.19. The Morgan fingerprint density at radius 2 is 1.97 bits per heavy atom. The van der Waals surface area contributed by atoms with Crippen molar-refractivity contribution in [1.29, 1.82) is 0 Å². The fraction of sp³-hybridized carbons (Fsp3) is 0.478. The first kappa shape index (κ1) is 24.3. The summed E-state index contributed by atoms with van der Waals surface area (Å²) >= 11 is 0. The third-order valence-electron chi connectivity index (χ3n) is 4.38. The van der Waals surface area contributed by atoms with E-state index in [1.54, 1.807) is 6.07 Å². The van der Waals surface area contributed by atoms with E-state index in [9.17, 15) is 9.90 Å². The Kier molecular flexibility index (Phi) is 9.90. The molecule has 1 heterocycles. The number of ether oxygens (including phenoxy) is 1. The van der Waals surface area contributed by atoms with Crippen LogP contribution in [0.2, 0.25) is 0 Å². The van der Waals surface area contributed by atoms with Gasteiger partial charge in [0, 0.05) is 25.2 Å². The van der Waals surface area contributed by atoms with Gasteiger partial charge in [0.25, 0.3) is 5.91 Å². The Morgan fingerprint density at radius 3 is 2.65 bits per heavy atom. The van der Waals surface area contributed by atoms with Gasteiger partial charge < -0.3 is 30.2 Å². The zero-order chi connectivity index (χ0) is 22.6. The number of carbonyl (C=O) groups is 1. The van der Waals surface area contributed by atoms with E-state index in [1.165, 1.54) is 6.26 Å². The Hall–Kier alpha value is -3.00. The average molecular weight is 431 g/mol. The number of amides is 1. The first-order valence-corrected chi connectivity index (χ1v) is 10.7. The number of rotatable bonds is 11. The molecule has 0 radical (unpaired) electrons. The van der Waals surface area contributed by atoms with Gasteiger partial charge in [0.1, 0.15) is 5.75 Å². The second-order valence-electron chi connectivity index (χ2n) is 7.44. The molecule has 1 amide bonds. The zero-order valence-electron chi connectivity index (χ0n) is 18.8. The number of aliphatic hydroxyl groups is 1. The molecule has 170 valence electrons. The van der Waals surface area contributed by atoms with Crippen LogP contribution in [0.1, 0.15) is 55.0 Å². The van der Waals surface area contributed by atoms with Crippen LogP contribution in [0.4, 0.5) is 0 Å². The number of nitrogens with one attached hydrogen (secondary N) is 3. The summed E-state index contributed by atoms with van der Waals surface area (Å²) in [5.74, 6) is 1.48. The minimum absolute atomic E-state index is 0.0721.